The van der Waals surface area contributed by atoms with Crippen LogP contribution in [0.2, 0.25) is 0 Å². The molecule has 18 heavy (non-hydrogen) atoms. The molecule has 0 bridgehead atoms. The number of thiophene rings is 1. The van der Waals surface area contributed by atoms with Crippen molar-refractivity contribution in [3.05, 3.63) is 27.6 Å². The lowest BCUT2D eigenvalue weighted by Gasteiger charge is -2.37. The number of hydrogen-bond donors (Lipinski definition) is 2. The van der Waals surface area contributed by atoms with Gasteiger partial charge >= 0.3 is 0 Å². The van der Waals surface area contributed by atoms with Crippen LogP contribution in [0.5, 0.6) is 0 Å². The molecule has 0 unspecified atom stereocenters. The van der Waals surface area contributed by atoms with Crippen LogP contribution < -0.4 is 10.9 Å². The van der Waals surface area contributed by atoms with Gasteiger partial charge in [-0.2, -0.15) is 0 Å². The van der Waals surface area contributed by atoms with Gasteiger partial charge in [0.15, 0.2) is 0 Å². The Morgan fingerprint density at radius 3 is 3.06 bits per heavy atom. The number of nitrogens with one attached hydrogen (secondary N) is 2. The van der Waals surface area contributed by atoms with E-state index in [1.54, 1.807) is 0 Å². The third kappa shape index (κ3) is 2.07. The molecule has 5 nitrogen and oxygen atoms in total. The van der Waals surface area contributed by atoms with Gasteiger partial charge in [-0.1, -0.05) is 6.92 Å². The quantitative estimate of drug-likeness (QED) is 0.856. The molecule has 0 amide bonds. The van der Waals surface area contributed by atoms with E-state index in [0.717, 1.165) is 31.0 Å². The van der Waals surface area contributed by atoms with Crippen LogP contribution >= 0.6 is 11.3 Å². The van der Waals surface area contributed by atoms with Crippen LogP contribution in [0.1, 0.15) is 12.7 Å². The second kappa shape index (κ2) is 4.79. The molecule has 6 heteroatoms. The zero-order valence-corrected chi connectivity index (χ0v) is 11.1. The monoisotopic (exact) mass is 264 g/mol. The molecule has 1 fully saturated rings. The van der Waals surface area contributed by atoms with E-state index in [-0.39, 0.29) is 5.56 Å². The molecule has 3 rings (SSSR count). The summed E-state index contributed by atoms with van der Waals surface area (Å²) < 4.78 is 0.715. The molecule has 1 aliphatic rings. The van der Waals surface area contributed by atoms with E-state index in [1.165, 1.54) is 11.3 Å². The molecule has 2 aromatic heterocycles. The topological polar surface area (TPSA) is 61.0 Å². The fourth-order valence-electron chi connectivity index (χ4n) is 2.22. The van der Waals surface area contributed by atoms with Crippen molar-refractivity contribution in [3.8, 4) is 0 Å². The maximum Gasteiger partial charge on any atom is 0.268 e. The van der Waals surface area contributed by atoms with Crippen LogP contribution in [-0.2, 0) is 6.54 Å². The molecule has 0 radical (unpaired) electrons. The van der Waals surface area contributed by atoms with Gasteiger partial charge in [0.1, 0.15) is 10.5 Å². The number of rotatable bonds is 4. The van der Waals surface area contributed by atoms with E-state index in [1.807, 2.05) is 11.4 Å². The molecule has 0 aromatic carbocycles. The van der Waals surface area contributed by atoms with E-state index < -0.39 is 0 Å². The van der Waals surface area contributed by atoms with Crippen LogP contribution in [0.15, 0.2) is 16.2 Å². The highest BCUT2D eigenvalue weighted by molar-refractivity contribution is 7.17. The van der Waals surface area contributed by atoms with Gasteiger partial charge in [-0.15, -0.1) is 11.3 Å². The Bertz CT molecular complexity index is 601. The molecule has 1 saturated heterocycles. The minimum Gasteiger partial charge on any atom is -0.314 e. The molecule has 1 aliphatic heterocycles. The third-order valence-electron chi connectivity index (χ3n) is 3.40. The number of aromatic nitrogens is 2. The molecule has 2 aromatic rings. The average molecular weight is 264 g/mol. The van der Waals surface area contributed by atoms with Crippen molar-refractivity contribution in [1.82, 2.24) is 20.2 Å². The minimum atomic E-state index is -0.0206. The van der Waals surface area contributed by atoms with E-state index in [9.17, 15) is 4.79 Å². The van der Waals surface area contributed by atoms with E-state index >= 15 is 0 Å². The van der Waals surface area contributed by atoms with Crippen LogP contribution in [0.3, 0.4) is 0 Å². The van der Waals surface area contributed by atoms with Gasteiger partial charge in [0.05, 0.1) is 12.1 Å². The Labute approximate surface area is 109 Å². The summed E-state index contributed by atoms with van der Waals surface area (Å²) >= 11 is 1.44. The first-order valence-corrected chi connectivity index (χ1v) is 7.07. The number of fused-ring (bicyclic) bond motifs is 1. The number of H-pyrrole nitrogens is 1. The van der Waals surface area contributed by atoms with Crippen molar-refractivity contribution in [3.63, 3.8) is 0 Å². The van der Waals surface area contributed by atoms with Crippen molar-refractivity contribution >= 4 is 21.6 Å². The molecular formula is C12H16N4OS. The van der Waals surface area contributed by atoms with Crippen molar-refractivity contribution < 1.29 is 0 Å². The second-order valence-corrected chi connectivity index (χ2v) is 5.44. The Morgan fingerprint density at radius 2 is 2.39 bits per heavy atom. The molecule has 96 valence electrons. The SMILES string of the molecule is CCN(Cc1nc2ccsc2c(=O)[nH]1)C1CNC1. The summed E-state index contributed by atoms with van der Waals surface area (Å²) in [5.41, 5.74) is 0.786. The van der Waals surface area contributed by atoms with Crippen molar-refractivity contribution in [2.24, 2.45) is 0 Å². The maximum absolute atomic E-state index is 11.9. The Balaban J connectivity index is 1.86. The van der Waals surface area contributed by atoms with Gasteiger partial charge < -0.3 is 10.3 Å². The molecule has 0 spiro atoms. The smallest absolute Gasteiger partial charge is 0.268 e. The summed E-state index contributed by atoms with van der Waals surface area (Å²) in [5, 5.41) is 5.17. The predicted octanol–water partition coefficient (Wildman–Crippen LogP) is 0.778. The van der Waals surface area contributed by atoms with Gasteiger partial charge in [0.2, 0.25) is 0 Å². The van der Waals surface area contributed by atoms with Crippen LogP contribution in [0.25, 0.3) is 10.2 Å². The zero-order valence-electron chi connectivity index (χ0n) is 10.3. The van der Waals surface area contributed by atoms with Crippen LogP contribution in [0, 0.1) is 0 Å². The molecular weight excluding hydrogens is 248 g/mol. The van der Waals surface area contributed by atoms with Crippen molar-refractivity contribution in [2.75, 3.05) is 19.6 Å². The van der Waals surface area contributed by atoms with E-state index in [2.05, 4.69) is 27.1 Å². The highest BCUT2D eigenvalue weighted by Gasteiger charge is 2.23. The highest BCUT2D eigenvalue weighted by atomic mass is 32.1. The summed E-state index contributed by atoms with van der Waals surface area (Å²) in [5.74, 6) is 0.764. The fraction of sp³-hybridized carbons (Fsp3) is 0.500. The fourth-order valence-corrected chi connectivity index (χ4v) is 2.95. The van der Waals surface area contributed by atoms with Crippen molar-refractivity contribution in [1.29, 1.82) is 0 Å². The van der Waals surface area contributed by atoms with E-state index in [4.69, 9.17) is 0 Å². The molecule has 0 saturated carbocycles. The number of hydrogen-bond acceptors (Lipinski definition) is 5. The largest absolute Gasteiger partial charge is 0.314 e. The third-order valence-corrected chi connectivity index (χ3v) is 4.30. The van der Waals surface area contributed by atoms with E-state index in [0.29, 0.717) is 17.3 Å². The number of aromatic amines is 1. The first-order chi connectivity index (χ1) is 8.78. The zero-order chi connectivity index (χ0) is 12.5. The van der Waals surface area contributed by atoms with Gasteiger partial charge in [-0.05, 0) is 18.0 Å². The summed E-state index contributed by atoms with van der Waals surface area (Å²) in [6.07, 6.45) is 0. The van der Waals surface area contributed by atoms with Gasteiger partial charge in [-0.25, -0.2) is 4.98 Å². The minimum absolute atomic E-state index is 0.0206. The molecule has 0 atom stereocenters. The lowest BCUT2D eigenvalue weighted by molar-refractivity contribution is 0.142. The number of likely N-dealkylation sites (N-methyl/N-ethyl adjacent to an activating group) is 1. The lowest BCUT2D eigenvalue weighted by atomic mass is 10.1. The normalized spacial score (nSPS) is 16.3. The molecule has 3 heterocycles. The summed E-state index contributed by atoms with van der Waals surface area (Å²) in [6, 6.07) is 2.47. The standard InChI is InChI=1S/C12H16N4OS/c1-2-16(8-5-13-6-8)7-10-14-9-3-4-18-11(9)12(17)15-10/h3-4,8,13H,2,5-7H2,1H3,(H,14,15,17). The summed E-state index contributed by atoms with van der Waals surface area (Å²) in [6.45, 7) is 5.87. The summed E-state index contributed by atoms with van der Waals surface area (Å²) in [7, 11) is 0. The first-order valence-electron chi connectivity index (χ1n) is 6.19. The van der Waals surface area contributed by atoms with Gasteiger partial charge in [0, 0.05) is 19.1 Å². The predicted molar refractivity (Wildman–Crippen MR) is 73.0 cm³/mol. The first kappa shape index (κ1) is 11.8. The van der Waals surface area contributed by atoms with Crippen LogP contribution in [0.4, 0.5) is 0 Å². The molecule has 2 N–H and O–H groups in total. The van der Waals surface area contributed by atoms with Gasteiger partial charge in [-0.3, -0.25) is 9.69 Å². The van der Waals surface area contributed by atoms with Gasteiger partial charge in [0.25, 0.3) is 5.56 Å². The van der Waals surface area contributed by atoms with Crippen molar-refractivity contribution in [2.45, 2.75) is 19.5 Å². The maximum atomic E-state index is 11.9. The Kier molecular flexibility index (Phi) is 3.15. The Morgan fingerprint density at radius 1 is 1.56 bits per heavy atom. The van der Waals surface area contributed by atoms with Crippen LogP contribution in [-0.4, -0.2) is 40.5 Å². The second-order valence-electron chi connectivity index (χ2n) is 4.52. The molecule has 0 aliphatic carbocycles. The highest BCUT2D eigenvalue weighted by Crippen LogP contribution is 2.15. The Hall–Kier alpha value is -1.24. The lowest BCUT2D eigenvalue weighted by Crippen LogP contribution is -2.56. The number of nitrogens with zero attached hydrogens (tertiary/aromatic N) is 2. The average Bonchev–Trinajstić information content (AvgIpc) is 2.74. The summed E-state index contributed by atoms with van der Waals surface area (Å²) in [4.78, 5) is 21.6.